The number of thioether (sulfide) groups is 1. The van der Waals surface area contributed by atoms with Gasteiger partial charge in [0.1, 0.15) is 0 Å². The Morgan fingerprint density at radius 3 is 2.57 bits per heavy atom. The zero-order valence-corrected chi connectivity index (χ0v) is 18.3. The molecule has 170 valence electrons. The molecule has 0 aromatic carbocycles. The lowest BCUT2D eigenvalue weighted by molar-refractivity contribution is -0.192. The van der Waals surface area contributed by atoms with Crippen molar-refractivity contribution >= 4 is 27.8 Å². The molecular formula is C18H25F3N2O5S2. The molecule has 1 atom stereocenters. The number of sulfonamides is 1. The second-order valence-electron chi connectivity index (χ2n) is 7.29. The number of pyridine rings is 1. The SMILES string of the molecule is CCCS(=O)(=O)N1CC2(CC(OCc3cccc(C)n3)CS2)C1.O=C(O)C(F)(F)F. The van der Waals surface area contributed by atoms with Gasteiger partial charge in [-0.1, -0.05) is 13.0 Å². The number of aromatic nitrogens is 1. The van der Waals surface area contributed by atoms with Crippen molar-refractivity contribution < 1.29 is 36.2 Å². The van der Waals surface area contributed by atoms with Crippen LogP contribution in [0.2, 0.25) is 0 Å². The maximum atomic E-state index is 12.1. The van der Waals surface area contributed by atoms with Gasteiger partial charge < -0.3 is 9.84 Å². The van der Waals surface area contributed by atoms with Crippen molar-refractivity contribution in [3.05, 3.63) is 29.6 Å². The number of alkyl halides is 3. The fourth-order valence-corrected chi connectivity index (χ4v) is 6.57. The summed E-state index contributed by atoms with van der Waals surface area (Å²) >= 11 is 1.86. The molecule has 1 spiro atoms. The van der Waals surface area contributed by atoms with E-state index in [0.717, 1.165) is 23.6 Å². The van der Waals surface area contributed by atoms with E-state index >= 15 is 0 Å². The van der Waals surface area contributed by atoms with Crippen LogP contribution in [0.4, 0.5) is 13.2 Å². The molecule has 30 heavy (non-hydrogen) atoms. The molecule has 2 saturated heterocycles. The third-order valence-electron chi connectivity index (χ3n) is 4.61. The predicted molar refractivity (Wildman–Crippen MR) is 107 cm³/mol. The van der Waals surface area contributed by atoms with Crippen LogP contribution in [0.1, 0.15) is 31.2 Å². The quantitative estimate of drug-likeness (QED) is 0.683. The number of aryl methyl sites for hydroxylation is 1. The van der Waals surface area contributed by atoms with E-state index in [0.29, 0.717) is 26.1 Å². The Bertz CT molecular complexity index is 842. The van der Waals surface area contributed by atoms with Crippen molar-refractivity contribution in [2.24, 2.45) is 0 Å². The Morgan fingerprint density at radius 2 is 2.03 bits per heavy atom. The van der Waals surface area contributed by atoms with Crippen LogP contribution in [0.25, 0.3) is 0 Å². The first-order valence-corrected chi connectivity index (χ1v) is 11.9. The molecule has 0 bridgehead atoms. The predicted octanol–water partition coefficient (Wildman–Crippen LogP) is 2.84. The monoisotopic (exact) mass is 470 g/mol. The van der Waals surface area contributed by atoms with E-state index in [1.165, 1.54) is 0 Å². The molecule has 7 nitrogen and oxygen atoms in total. The molecule has 0 aliphatic carbocycles. The first kappa shape index (κ1) is 24.9. The maximum Gasteiger partial charge on any atom is 0.490 e. The van der Waals surface area contributed by atoms with Gasteiger partial charge in [-0.3, -0.25) is 4.98 Å². The fraction of sp³-hybridized carbons (Fsp3) is 0.667. The first-order valence-electron chi connectivity index (χ1n) is 9.33. The second-order valence-corrected chi connectivity index (χ2v) is 10.9. The lowest BCUT2D eigenvalue weighted by Gasteiger charge is -2.46. The van der Waals surface area contributed by atoms with Crippen molar-refractivity contribution in [1.82, 2.24) is 9.29 Å². The normalized spacial score (nSPS) is 21.0. The van der Waals surface area contributed by atoms with Gasteiger partial charge in [0, 0.05) is 29.3 Å². The third kappa shape index (κ3) is 6.82. The number of aliphatic carboxylic acids is 1. The van der Waals surface area contributed by atoms with Crippen LogP contribution in [-0.2, 0) is 26.2 Å². The first-order chi connectivity index (χ1) is 13.9. The molecule has 0 radical (unpaired) electrons. The number of ether oxygens (including phenoxy) is 1. The fourth-order valence-electron chi connectivity index (χ4n) is 3.19. The van der Waals surface area contributed by atoms with Crippen molar-refractivity contribution in [1.29, 1.82) is 0 Å². The highest BCUT2D eigenvalue weighted by Crippen LogP contribution is 2.47. The van der Waals surface area contributed by atoms with Gasteiger partial charge in [-0.2, -0.15) is 17.5 Å². The minimum absolute atomic E-state index is 0.0749. The molecule has 1 aromatic heterocycles. The standard InChI is InChI=1S/C16H24N2O3S2.C2HF3O2/c1-3-7-23(19,20)18-11-16(12-18)8-15(10-22-16)21-9-14-6-4-5-13(2)17-14;3-2(4,5)1(6)7/h4-6,15H,3,7-12H2,1-2H3;(H,6,7). The van der Waals surface area contributed by atoms with Gasteiger partial charge >= 0.3 is 12.1 Å². The lowest BCUT2D eigenvalue weighted by Crippen LogP contribution is -2.61. The Hall–Kier alpha value is -1.37. The molecule has 2 fully saturated rings. The summed E-state index contributed by atoms with van der Waals surface area (Å²) < 4.78 is 63.5. The lowest BCUT2D eigenvalue weighted by atomic mass is 9.95. The van der Waals surface area contributed by atoms with Crippen LogP contribution in [0.15, 0.2) is 18.2 Å². The zero-order chi connectivity index (χ0) is 22.6. The smallest absolute Gasteiger partial charge is 0.475 e. The number of hydrogen-bond donors (Lipinski definition) is 1. The Balaban J connectivity index is 0.000000396. The van der Waals surface area contributed by atoms with E-state index in [-0.39, 0.29) is 16.6 Å². The van der Waals surface area contributed by atoms with Gasteiger partial charge in [-0.15, -0.1) is 11.8 Å². The number of carbonyl (C=O) groups is 1. The number of halogens is 3. The van der Waals surface area contributed by atoms with Gasteiger partial charge in [-0.05, 0) is 31.9 Å². The van der Waals surface area contributed by atoms with E-state index in [1.807, 2.05) is 43.8 Å². The van der Waals surface area contributed by atoms with Crippen LogP contribution >= 0.6 is 11.8 Å². The summed E-state index contributed by atoms with van der Waals surface area (Å²) in [5.41, 5.74) is 1.95. The Kier molecular flexibility index (Phi) is 8.16. The molecule has 1 aromatic rings. The van der Waals surface area contributed by atoms with E-state index in [1.54, 1.807) is 4.31 Å². The van der Waals surface area contributed by atoms with E-state index in [2.05, 4.69) is 4.98 Å². The number of hydrogen-bond acceptors (Lipinski definition) is 6. The van der Waals surface area contributed by atoms with Gasteiger partial charge in [0.25, 0.3) is 0 Å². The van der Waals surface area contributed by atoms with Gasteiger partial charge in [0.2, 0.25) is 10.0 Å². The van der Waals surface area contributed by atoms with Crippen molar-refractivity contribution in [3.8, 4) is 0 Å². The third-order valence-corrected chi connectivity index (χ3v) is 8.16. The van der Waals surface area contributed by atoms with Crippen LogP contribution in [0.3, 0.4) is 0 Å². The van der Waals surface area contributed by atoms with E-state index in [4.69, 9.17) is 14.6 Å². The van der Waals surface area contributed by atoms with Gasteiger partial charge in [-0.25, -0.2) is 13.2 Å². The summed E-state index contributed by atoms with van der Waals surface area (Å²) in [5, 5.41) is 7.12. The zero-order valence-electron chi connectivity index (χ0n) is 16.7. The minimum Gasteiger partial charge on any atom is -0.475 e. The molecular weight excluding hydrogens is 445 g/mol. The minimum atomic E-state index is -5.08. The molecule has 1 unspecified atom stereocenters. The second kappa shape index (κ2) is 9.84. The summed E-state index contributed by atoms with van der Waals surface area (Å²) in [6.45, 7) is 5.69. The van der Waals surface area contributed by atoms with Crippen LogP contribution in [-0.4, -0.2) is 70.4 Å². The summed E-state index contributed by atoms with van der Waals surface area (Å²) in [6.07, 6.45) is -3.28. The van der Waals surface area contributed by atoms with Crippen LogP contribution < -0.4 is 0 Å². The van der Waals surface area contributed by atoms with Gasteiger partial charge in [0.15, 0.2) is 0 Å². The summed E-state index contributed by atoms with van der Waals surface area (Å²) in [5.74, 6) is -1.56. The summed E-state index contributed by atoms with van der Waals surface area (Å²) in [6, 6.07) is 5.95. The number of carboxylic acids is 1. The Labute approximate surface area is 178 Å². The molecule has 0 amide bonds. The number of rotatable bonds is 6. The highest BCUT2D eigenvalue weighted by molar-refractivity contribution is 8.01. The Morgan fingerprint density at radius 1 is 1.40 bits per heavy atom. The van der Waals surface area contributed by atoms with Crippen molar-refractivity contribution in [2.45, 2.75) is 50.3 Å². The highest BCUT2D eigenvalue weighted by atomic mass is 32.2. The molecule has 1 N–H and O–H groups in total. The maximum absolute atomic E-state index is 12.1. The van der Waals surface area contributed by atoms with E-state index < -0.39 is 22.2 Å². The van der Waals surface area contributed by atoms with Gasteiger partial charge in [0.05, 0.1) is 24.2 Å². The molecule has 2 aliphatic heterocycles. The molecule has 12 heteroatoms. The molecule has 2 aliphatic rings. The van der Waals surface area contributed by atoms with Crippen LogP contribution in [0.5, 0.6) is 0 Å². The largest absolute Gasteiger partial charge is 0.490 e. The van der Waals surface area contributed by atoms with Crippen LogP contribution in [0, 0.1) is 6.92 Å². The van der Waals surface area contributed by atoms with Crippen molar-refractivity contribution in [2.75, 3.05) is 24.6 Å². The average molecular weight is 471 g/mol. The topological polar surface area (TPSA) is 96.8 Å². The summed E-state index contributed by atoms with van der Waals surface area (Å²) in [7, 11) is -3.05. The molecule has 3 heterocycles. The number of carboxylic acid groups (broad SMARTS) is 1. The van der Waals surface area contributed by atoms with Crippen molar-refractivity contribution in [3.63, 3.8) is 0 Å². The summed E-state index contributed by atoms with van der Waals surface area (Å²) in [4.78, 5) is 13.3. The van der Waals surface area contributed by atoms with E-state index in [9.17, 15) is 21.6 Å². The molecule has 3 rings (SSSR count). The highest BCUT2D eigenvalue weighted by Gasteiger charge is 2.52. The average Bonchev–Trinajstić information content (AvgIpc) is 3.03. The number of nitrogens with zero attached hydrogens (tertiary/aromatic N) is 2. The molecule has 0 saturated carbocycles.